The van der Waals surface area contributed by atoms with E-state index in [1.54, 1.807) is 9.80 Å². The van der Waals surface area contributed by atoms with E-state index in [1.807, 2.05) is 7.05 Å². The highest BCUT2D eigenvalue weighted by atomic mass is 16.2. The number of rotatable bonds is 2. The molecule has 2 aliphatic heterocycles. The molecule has 0 N–H and O–H groups in total. The van der Waals surface area contributed by atoms with Gasteiger partial charge in [-0.05, 0) is 25.9 Å². The molecular formula is C12H19N3O. The lowest BCUT2D eigenvalue weighted by Crippen LogP contribution is -2.29. The Hall–Kier alpha value is -1.21. The molecule has 2 saturated heterocycles. The summed E-state index contributed by atoms with van der Waals surface area (Å²) in [4.78, 5) is 17.4. The normalized spacial score (nSPS) is 21.4. The zero-order valence-electron chi connectivity index (χ0n) is 9.91. The summed E-state index contributed by atoms with van der Waals surface area (Å²) < 4.78 is 0. The summed E-state index contributed by atoms with van der Waals surface area (Å²) in [6.07, 6.45) is 2.61. The van der Waals surface area contributed by atoms with E-state index in [4.69, 9.17) is 0 Å². The molecule has 88 valence electrons. The predicted molar refractivity (Wildman–Crippen MR) is 63.0 cm³/mol. The van der Waals surface area contributed by atoms with Crippen molar-refractivity contribution in [2.45, 2.75) is 12.8 Å². The van der Waals surface area contributed by atoms with Gasteiger partial charge in [-0.25, -0.2) is 4.79 Å². The predicted octanol–water partition coefficient (Wildman–Crippen LogP) is 0.453. The van der Waals surface area contributed by atoms with E-state index in [-0.39, 0.29) is 6.03 Å². The van der Waals surface area contributed by atoms with Crippen LogP contribution in [0.25, 0.3) is 0 Å². The second-order valence-corrected chi connectivity index (χ2v) is 4.46. The van der Waals surface area contributed by atoms with Crippen LogP contribution in [-0.4, -0.2) is 67.0 Å². The first-order valence-electron chi connectivity index (χ1n) is 5.95. The number of likely N-dealkylation sites (N-methyl/N-ethyl adjacent to an activating group) is 1. The lowest BCUT2D eigenvalue weighted by Gasteiger charge is -2.12. The van der Waals surface area contributed by atoms with Crippen molar-refractivity contribution in [3.05, 3.63) is 0 Å². The van der Waals surface area contributed by atoms with Crippen molar-refractivity contribution in [2.24, 2.45) is 0 Å². The van der Waals surface area contributed by atoms with Gasteiger partial charge in [0.25, 0.3) is 0 Å². The molecule has 0 unspecified atom stereocenters. The lowest BCUT2D eigenvalue weighted by molar-refractivity contribution is 0.202. The van der Waals surface area contributed by atoms with E-state index in [1.165, 1.54) is 25.9 Å². The highest BCUT2D eigenvalue weighted by Crippen LogP contribution is 2.06. The monoisotopic (exact) mass is 221 g/mol. The van der Waals surface area contributed by atoms with Crippen LogP contribution in [0.2, 0.25) is 0 Å². The van der Waals surface area contributed by atoms with E-state index in [9.17, 15) is 4.79 Å². The number of likely N-dealkylation sites (tertiary alicyclic amines) is 1. The molecule has 0 aliphatic carbocycles. The van der Waals surface area contributed by atoms with Crippen LogP contribution in [0.3, 0.4) is 0 Å². The van der Waals surface area contributed by atoms with Crippen LogP contribution in [0.1, 0.15) is 12.8 Å². The van der Waals surface area contributed by atoms with Crippen molar-refractivity contribution in [3.8, 4) is 11.8 Å². The Morgan fingerprint density at radius 1 is 1.06 bits per heavy atom. The van der Waals surface area contributed by atoms with Gasteiger partial charge in [-0.15, -0.1) is 0 Å². The van der Waals surface area contributed by atoms with Crippen molar-refractivity contribution in [2.75, 3.05) is 46.3 Å². The highest BCUT2D eigenvalue weighted by Gasteiger charge is 2.23. The van der Waals surface area contributed by atoms with Crippen LogP contribution in [-0.2, 0) is 0 Å². The van der Waals surface area contributed by atoms with Crippen LogP contribution in [0.4, 0.5) is 4.79 Å². The van der Waals surface area contributed by atoms with Crippen LogP contribution < -0.4 is 0 Å². The molecule has 0 bridgehead atoms. The second kappa shape index (κ2) is 5.22. The second-order valence-electron chi connectivity index (χ2n) is 4.46. The molecule has 2 amide bonds. The van der Waals surface area contributed by atoms with Crippen molar-refractivity contribution in [3.63, 3.8) is 0 Å². The Labute approximate surface area is 97.2 Å². The molecular weight excluding hydrogens is 202 g/mol. The molecule has 2 heterocycles. The first-order chi connectivity index (χ1) is 7.77. The van der Waals surface area contributed by atoms with Crippen molar-refractivity contribution in [1.29, 1.82) is 0 Å². The third-order valence-corrected chi connectivity index (χ3v) is 3.20. The van der Waals surface area contributed by atoms with Gasteiger partial charge in [-0.1, -0.05) is 11.8 Å². The standard InChI is InChI=1S/C12H19N3O/c1-13-10-11-15(12(13)16)9-5-4-8-14-6-2-3-7-14/h2-3,6-11H2,1H3. The molecule has 16 heavy (non-hydrogen) atoms. The third-order valence-electron chi connectivity index (χ3n) is 3.20. The van der Waals surface area contributed by atoms with E-state index in [0.29, 0.717) is 6.54 Å². The van der Waals surface area contributed by atoms with E-state index < -0.39 is 0 Å². The number of carbonyl (C=O) groups excluding carboxylic acids is 1. The SMILES string of the molecule is CN1CCN(CC#CCN2CCCC2)C1=O. The first kappa shape index (κ1) is 11.3. The van der Waals surface area contributed by atoms with Gasteiger partial charge in [0.15, 0.2) is 0 Å². The molecule has 2 rings (SSSR count). The third kappa shape index (κ3) is 2.67. The molecule has 0 atom stereocenters. The molecule has 4 heteroatoms. The van der Waals surface area contributed by atoms with Crippen LogP contribution in [0.15, 0.2) is 0 Å². The molecule has 2 aliphatic rings. The van der Waals surface area contributed by atoms with Crippen molar-refractivity contribution >= 4 is 6.03 Å². The van der Waals surface area contributed by atoms with Crippen LogP contribution in [0.5, 0.6) is 0 Å². The fourth-order valence-electron chi connectivity index (χ4n) is 2.11. The minimum Gasteiger partial charge on any atom is -0.326 e. The maximum Gasteiger partial charge on any atom is 0.320 e. The fourth-order valence-corrected chi connectivity index (χ4v) is 2.11. The summed E-state index contributed by atoms with van der Waals surface area (Å²) in [5, 5.41) is 0. The summed E-state index contributed by atoms with van der Waals surface area (Å²) in [6.45, 7) is 5.44. The first-order valence-corrected chi connectivity index (χ1v) is 5.95. The molecule has 0 radical (unpaired) electrons. The summed E-state index contributed by atoms with van der Waals surface area (Å²) in [6, 6.07) is 0.107. The van der Waals surface area contributed by atoms with E-state index in [0.717, 1.165) is 19.6 Å². The van der Waals surface area contributed by atoms with Crippen LogP contribution in [0, 0.1) is 11.8 Å². The quantitative estimate of drug-likeness (QED) is 0.633. The van der Waals surface area contributed by atoms with Gasteiger partial charge in [0, 0.05) is 20.1 Å². The lowest BCUT2D eigenvalue weighted by atomic mass is 10.4. The summed E-state index contributed by atoms with van der Waals surface area (Å²) in [5.41, 5.74) is 0. The summed E-state index contributed by atoms with van der Waals surface area (Å²) >= 11 is 0. The zero-order chi connectivity index (χ0) is 11.4. The van der Waals surface area contributed by atoms with Gasteiger partial charge in [0.2, 0.25) is 0 Å². The minimum absolute atomic E-state index is 0.107. The number of amides is 2. The summed E-state index contributed by atoms with van der Waals surface area (Å²) in [7, 11) is 1.83. The number of carbonyl (C=O) groups is 1. The topological polar surface area (TPSA) is 26.8 Å². The van der Waals surface area contributed by atoms with Gasteiger partial charge in [0.05, 0.1) is 13.1 Å². The average molecular weight is 221 g/mol. The molecule has 2 fully saturated rings. The Bertz CT molecular complexity index is 312. The van der Waals surface area contributed by atoms with Crippen molar-refractivity contribution < 1.29 is 4.79 Å². The molecule has 4 nitrogen and oxygen atoms in total. The number of urea groups is 1. The Kier molecular flexibility index (Phi) is 3.68. The van der Waals surface area contributed by atoms with Gasteiger partial charge < -0.3 is 9.80 Å². The average Bonchev–Trinajstić information content (AvgIpc) is 2.88. The Balaban J connectivity index is 1.70. The van der Waals surface area contributed by atoms with Gasteiger partial charge in [-0.2, -0.15) is 0 Å². The van der Waals surface area contributed by atoms with Gasteiger partial charge >= 0.3 is 6.03 Å². The number of hydrogen-bond acceptors (Lipinski definition) is 2. The van der Waals surface area contributed by atoms with Gasteiger partial charge in [-0.3, -0.25) is 4.90 Å². The van der Waals surface area contributed by atoms with E-state index in [2.05, 4.69) is 16.7 Å². The number of hydrogen-bond donors (Lipinski definition) is 0. The van der Waals surface area contributed by atoms with E-state index >= 15 is 0 Å². The van der Waals surface area contributed by atoms with Crippen LogP contribution >= 0.6 is 0 Å². The fraction of sp³-hybridized carbons (Fsp3) is 0.750. The molecule has 0 aromatic rings. The highest BCUT2D eigenvalue weighted by molar-refractivity contribution is 5.76. The smallest absolute Gasteiger partial charge is 0.320 e. The zero-order valence-corrected chi connectivity index (χ0v) is 9.91. The number of nitrogens with zero attached hydrogens (tertiary/aromatic N) is 3. The molecule has 0 saturated carbocycles. The Morgan fingerprint density at radius 3 is 2.38 bits per heavy atom. The van der Waals surface area contributed by atoms with Gasteiger partial charge in [0.1, 0.15) is 0 Å². The maximum atomic E-state index is 11.5. The largest absolute Gasteiger partial charge is 0.326 e. The Morgan fingerprint density at radius 2 is 1.75 bits per heavy atom. The summed E-state index contributed by atoms with van der Waals surface area (Å²) in [5.74, 6) is 6.25. The molecule has 0 spiro atoms. The molecule has 0 aromatic heterocycles. The van der Waals surface area contributed by atoms with Crippen molar-refractivity contribution in [1.82, 2.24) is 14.7 Å². The minimum atomic E-state index is 0.107. The molecule has 0 aromatic carbocycles. The maximum absolute atomic E-state index is 11.5.